The predicted molar refractivity (Wildman–Crippen MR) is 116 cm³/mol. The van der Waals surface area contributed by atoms with Gasteiger partial charge >= 0.3 is 0 Å². The zero-order chi connectivity index (χ0) is 20.8. The number of nitrogens with zero attached hydrogens (tertiary/aromatic N) is 5. The predicted octanol–water partition coefficient (Wildman–Crippen LogP) is 4.26. The van der Waals surface area contributed by atoms with E-state index in [1.54, 1.807) is 11.3 Å². The molecule has 0 atom stereocenters. The van der Waals surface area contributed by atoms with Gasteiger partial charge in [0.05, 0.1) is 12.3 Å². The summed E-state index contributed by atoms with van der Waals surface area (Å²) in [6, 6.07) is 6.69. The minimum absolute atomic E-state index is 0.225. The van der Waals surface area contributed by atoms with Gasteiger partial charge in [-0.05, 0) is 38.5 Å². The number of halogens is 1. The number of alkyl halides is 1. The van der Waals surface area contributed by atoms with Gasteiger partial charge in [0.25, 0.3) is 0 Å². The smallest absolute Gasteiger partial charge is 0.187 e. The lowest BCUT2D eigenvalue weighted by atomic mass is 9.90. The number of benzene rings is 1. The van der Waals surface area contributed by atoms with Gasteiger partial charge in [0, 0.05) is 48.5 Å². The van der Waals surface area contributed by atoms with E-state index in [1.165, 1.54) is 10.4 Å². The van der Waals surface area contributed by atoms with Gasteiger partial charge in [-0.1, -0.05) is 6.07 Å². The molecule has 0 unspecified atom stereocenters. The minimum Gasteiger partial charge on any atom is -0.492 e. The van der Waals surface area contributed by atoms with Gasteiger partial charge in [0.2, 0.25) is 0 Å². The number of hydrogen-bond donors (Lipinski definition) is 0. The molecule has 0 radical (unpaired) electrons. The molecule has 158 valence electrons. The second-order valence-electron chi connectivity index (χ2n) is 8.31. The van der Waals surface area contributed by atoms with E-state index >= 15 is 0 Å². The Morgan fingerprint density at radius 3 is 2.87 bits per heavy atom. The van der Waals surface area contributed by atoms with Crippen LogP contribution >= 0.6 is 11.3 Å². The van der Waals surface area contributed by atoms with E-state index in [9.17, 15) is 4.39 Å². The van der Waals surface area contributed by atoms with Crippen LogP contribution in [-0.4, -0.2) is 57.6 Å². The molecule has 2 aromatic heterocycles. The molecule has 0 aliphatic carbocycles. The van der Waals surface area contributed by atoms with Gasteiger partial charge in [-0.2, -0.15) is 5.10 Å². The molecule has 1 saturated heterocycles. The molecule has 30 heavy (non-hydrogen) atoms. The Hall–Kier alpha value is -2.32. The fraction of sp³-hybridized carbons (Fsp3) is 0.500. The highest BCUT2D eigenvalue weighted by molar-refractivity contribution is 7.15. The molecule has 0 N–H and O–H groups in total. The van der Waals surface area contributed by atoms with Crippen LogP contribution in [0, 0.1) is 6.92 Å². The number of hydrogen-bond acceptors (Lipinski definition) is 6. The largest absolute Gasteiger partial charge is 0.492 e. The Labute approximate surface area is 179 Å². The van der Waals surface area contributed by atoms with E-state index in [2.05, 4.69) is 47.0 Å². The van der Waals surface area contributed by atoms with Gasteiger partial charge < -0.3 is 4.74 Å². The fourth-order valence-corrected chi connectivity index (χ4v) is 5.25. The SMILES string of the molecule is Cc1nc(-c2nc3c(s2)CCOc2cc(C4CN(CCF)C4)ccc2-3)n(C(C)C)n1. The van der Waals surface area contributed by atoms with Crippen molar-refractivity contribution >= 4 is 11.3 Å². The first-order valence-corrected chi connectivity index (χ1v) is 11.3. The first-order valence-electron chi connectivity index (χ1n) is 10.5. The van der Waals surface area contributed by atoms with Crippen LogP contribution in [0.2, 0.25) is 0 Å². The van der Waals surface area contributed by atoms with Crippen LogP contribution in [0.1, 0.15) is 42.1 Å². The topological polar surface area (TPSA) is 56.1 Å². The number of fused-ring (bicyclic) bond motifs is 3. The highest BCUT2D eigenvalue weighted by Gasteiger charge is 2.29. The monoisotopic (exact) mass is 427 g/mol. The Balaban J connectivity index is 1.48. The molecule has 5 rings (SSSR count). The standard InChI is InChI=1S/C22H26FN5OS/c1-13(2)28-21(24-14(3)26-28)22-25-20-17-5-4-15(16-11-27(12-16)8-7-23)10-18(17)29-9-6-19(20)30-22/h4-5,10,13,16H,6-9,11-12H2,1-3H3. The van der Waals surface area contributed by atoms with Gasteiger partial charge in [0.15, 0.2) is 10.8 Å². The fourth-order valence-electron chi connectivity index (χ4n) is 4.21. The van der Waals surface area contributed by atoms with Gasteiger partial charge in [-0.3, -0.25) is 4.90 Å². The normalized spacial score (nSPS) is 16.7. The third-order valence-corrected chi connectivity index (χ3v) is 6.90. The van der Waals surface area contributed by atoms with Crippen molar-refractivity contribution in [1.29, 1.82) is 0 Å². The molecule has 8 heteroatoms. The molecular weight excluding hydrogens is 401 g/mol. The second-order valence-corrected chi connectivity index (χ2v) is 9.39. The van der Waals surface area contributed by atoms with E-state index in [1.807, 2.05) is 11.6 Å². The van der Waals surface area contributed by atoms with Crippen molar-refractivity contribution < 1.29 is 9.13 Å². The van der Waals surface area contributed by atoms with Gasteiger partial charge in [-0.15, -0.1) is 11.3 Å². The molecule has 0 saturated carbocycles. The number of likely N-dealkylation sites (tertiary alicyclic amines) is 1. The van der Waals surface area contributed by atoms with Crippen LogP contribution in [0.4, 0.5) is 4.39 Å². The molecule has 3 aromatic rings. The summed E-state index contributed by atoms with van der Waals surface area (Å²) in [6.45, 7) is 8.85. The molecule has 6 nitrogen and oxygen atoms in total. The van der Waals surface area contributed by atoms with Crippen LogP contribution in [-0.2, 0) is 6.42 Å². The highest BCUT2D eigenvalue weighted by atomic mass is 32.1. The van der Waals surface area contributed by atoms with Crippen molar-refractivity contribution in [3.05, 3.63) is 34.5 Å². The lowest BCUT2D eigenvalue weighted by Crippen LogP contribution is -2.45. The first kappa shape index (κ1) is 19.6. The van der Waals surface area contributed by atoms with E-state index in [0.29, 0.717) is 19.1 Å². The summed E-state index contributed by atoms with van der Waals surface area (Å²) >= 11 is 1.69. The molecule has 4 heterocycles. The Kier molecular flexibility index (Phi) is 5.06. The van der Waals surface area contributed by atoms with Crippen molar-refractivity contribution in [2.45, 2.75) is 39.2 Å². The third-order valence-electron chi connectivity index (χ3n) is 5.79. The molecule has 1 aromatic carbocycles. The van der Waals surface area contributed by atoms with E-state index < -0.39 is 0 Å². The lowest BCUT2D eigenvalue weighted by molar-refractivity contribution is 0.137. The number of aromatic nitrogens is 4. The summed E-state index contributed by atoms with van der Waals surface area (Å²) in [6.07, 6.45) is 0.833. The van der Waals surface area contributed by atoms with Crippen molar-refractivity contribution in [2.75, 3.05) is 32.9 Å². The highest BCUT2D eigenvalue weighted by Crippen LogP contribution is 2.42. The number of rotatable bonds is 5. The number of aryl methyl sites for hydroxylation is 1. The summed E-state index contributed by atoms with van der Waals surface area (Å²) in [5.74, 6) is 2.95. The van der Waals surface area contributed by atoms with E-state index in [4.69, 9.17) is 9.72 Å². The average molecular weight is 428 g/mol. The lowest BCUT2D eigenvalue weighted by Gasteiger charge is -2.39. The molecule has 2 aliphatic heterocycles. The molecule has 0 amide bonds. The van der Waals surface area contributed by atoms with Crippen LogP contribution in [0.15, 0.2) is 18.2 Å². The maximum Gasteiger partial charge on any atom is 0.187 e. The van der Waals surface area contributed by atoms with Crippen LogP contribution in [0.5, 0.6) is 5.75 Å². The van der Waals surface area contributed by atoms with Crippen LogP contribution in [0.3, 0.4) is 0 Å². The quantitative estimate of drug-likeness (QED) is 0.609. The summed E-state index contributed by atoms with van der Waals surface area (Å²) in [5, 5.41) is 5.45. The zero-order valence-electron chi connectivity index (χ0n) is 17.6. The molecule has 2 aliphatic rings. The minimum atomic E-state index is -0.279. The average Bonchev–Trinajstić information content (AvgIpc) is 3.24. The molecule has 1 fully saturated rings. The molecule has 0 bridgehead atoms. The number of ether oxygens (including phenoxy) is 1. The first-order chi connectivity index (χ1) is 14.5. The summed E-state index contributed by atoms with van der Waals surface area (Å²) in [4.78, 5) is 13.0. The van der Waals surface area contributed by atoms with E-state index in [-0.39, 0.29) is 12.7 Å². The Morgan fingerprint density at radius 1 is 1.27 bits per heavy atom. The van der Waals surface area contributed by atoms with Crippen LogP contribution in [0.25, 0.3) is 22.1 Å². The van der Waals surface area contributed by atoms with E-state index in [0.717, 1.165) is 53.2 Å². The maximum atomic E-state index is 12.5. The van der Waals surface area contributed by atoms with Crippen molar-refractivity contribution in [3.8, 4) is 27.8 Å². The third kappa shape index (κ3) is 3.41. The van der Waals surface area contributed by atoms with Crippen molar-refractivity contribution in [3.63, 3.8) is 0 Å². The second kappa shape index (κ2) is 7.74. The summed E-state index contributed by atoms with van der Waals surface area (Å²) < 4.78 is 20.6. The van der Waals surface area contributed by atoms with Crippen molar-refractivity contribution in [2.24, 2.45) is 0 Å². The van der Waals surface area contributed by atoms with Crippen LogP contribution < -0.4 is 4.74 Å². The maximum absolute atomic E-state index is 12.5. The van der Waals surface area contributed by atoms with Crippen molar-refractivity contribution in [1.82, 2.24) is 24.6 Å². The molecular formula is C22H26FN5OS. The zero-order valence-corrected chi connectivity index (χ0v) is 18.4. The summed E-state index contributed by atoms with van der Waals surface area (Å²) in [5.41, 5.74) is 3.30. The Bertz CT molecular complexity index is 1070. The molecule has 0 spiro atoms. The van der Waals surface area contributed by atoms with Gasteiger partial charge in [-0.25, -0.2) is 19.0 Å². The number of thiazole rings is 1. The van der Waals surface area contributed by atoms with Gasteiger partial charge in [0.1, 0.15) is 18.2 Å². The summed E-state index contributed by atoms with van der Waals surface area (Å²) in [7, 11) is 0. The Morgan fingerprint density at radius 2 is 2.10 bits per heavy atom.